The molecule has 0 aliphatic rings. The van der Waals surface area contributed by atoms with Gasteiger partial charge in [0.15, 0.2) is 0 Å². The van der Waals surface area contributed by atoms with E-state index in [2.05, 4.69) is 9.73 Å². The quantitative estimate of drug-likeness (QED) is 0.411. The second kappa shape index (κ2) is 4.06. The van der Waals surface area contributed by atoms with Gasteiger partial charge >= 0.3 is 5.97 Å². The molecule has 0 radical (unpaired) electrons. The summed E-state index contributed by atoms with van der Waals surface area (Å²) >= 11 is 0. The smallest absolute Gasteiger partial charge is 0.327 e. The van der Waals surface area contributed by atoms with Crippen molar-refractivity contribution in [3.8, 4) is 0 Å². The minimum absolute atomic E-state index is 0.609. The molecular weight excluding hydrogens is 118 g/mol. The van der Waals surface area contributed by atoms with Gasteiger partial charge < -0.3 is 4.74 Å². The number of aliphatic imine (C=N–C) groups is 1. The van der Waals surface area contributed by atoms with Crippen LogP contribution in [0.5, 0.6) is 0 Å². The Morgan fingerprint density at radius 3 is 2.89 bits per heavy atom. The lowest BCUT2D eigenvalue weighted by Crippen LogP contribution is -2.05. The normalized spacial score (nSPS) is 21.0. The van der Waals surface area contributed by atoms with E-state index in [0.717, 1.165) is 7.11 Å². The first kappa shape index (κ1) is 2.40. The molecule has 52 valence electrons. The highest BCUT2D eigenvalue weighted by Crippen LogP contribution is 1.78. The highest BCUT2D eigenvalue weighted by Gasteiger charge is 1.94. The van der Waals surface area contributed by atoms with E-state index in [9.17, 15) is 4.79 Å². The Balaban J connectivity index is 4.89. The number of methoxy groups -OCH3 is 1. The maximum atomic E-state index is 10.7. The Hall–Kier alpha value is -0.860. The van der Waals surface area contributed by atoms with Crippen LogP contribution in [0.4, 0.5) is 0 Å². The molecule has 0 aliphatic heterocycles. The summed E-state index contributed by atoms with van der Waals surface area (Å²) in [6.45, 7) is -6.28. The molecule has 0 fully saturated rings. The summed E-state index contributed by atoms with van der Waals surface area (Å²) in [7, 11) is 1.10. The van der Waals surface area contributed by atoms with Crippen LogP contribution in [0.25, 0.3) is 0 Å². The molecule has 3 heteroatoms. The second-order valence-corrected chi connectivity index (χ2v) is 1.24. The fourth-order valence-electron chi connectivity index (χ4n) is 0.208. The molecule has 0 aromatic rings. The fourth-order valence-corrected chi connectivity index (χ4v) is 0.208. The molecule has 0 aromatic heterocycles. The highest BCUT2D eigenvalue weighted by atomic mass is 16.5. The second-order valence-electron chi connectivity index (χ2n) is 1.24. The van der Waals surface area contributed by atoms with Crippen LogP contribution in [0.15, 0.2) is 4.99 Å². The van der Waals surface area contributed by atoms with Gasteiger partial charge in [-0.2, -0.15) is 0 Å². The number of carbonyl (C=O) groups is 1. The molecule has 3 nitrogen and oxygen atoms in total. The van der Waals surface area contributed by atoms with E-state index in [1.165, 1.54) is 0 Å². The Labute approximate surface area is 63.2 Å². The largest absolute Gasteiger partial charge is 0.468 e. The van der Waals surface area contributed by atoms with Crippen LogP contribution in [0.1, 0.15) is 21.9 Å². The Bertz CT molecular complexity index is 250. The topological polar surface area (TPSA) is 38.7 Å². The Morgan fingerprint density at radius 1 is 1.78 bits per heavy atom. The number of carbonyl (C=O) groups excluding carboxylic acids is 1. The first-order chi connectivity index (χ1) is 6.59. The van der Waals surface area contributed by atoms with Crippen molar-refractivity contribution in [1.29, 1.82) is 0 Å². The third kappa shape index (κ3) is 5.00. The van der Waals surface area contributed by atoms with Crippen molar-refractivity contribution < 1.29 is 17.8 Å². The molecule has 0 bridgehead atoms. The minimum atomic E-state index is -2.83. The monoisotopic (exact) mass is 135 g/mol. The van der Waals surface area contributed by atoms with Crippen molar-refractivity contribution in [1.82, 2.24) is 0 Å². The van der Waals surface area contributed by atoms with E-state index in [4.69, 9.17) is 8.22 Å². The third-order valence-corrected chi connectivity index (χ3v) is 0.594. The van der Waals surface area contributed by atoms with E-state index in [1.807, 2.05) is 0 Å². The summed E-state index contributed by atoms with van der Waals surface area (Å²) in [5.74, 6) is -0.791. The van der Waals surface area contributed by atoms with Crippen LogP contribution in [-0.2, 0) is 9.53 Å². The zero-order chi connectivity index (χ0) is 12.3. The minimum Gasteiger partial charge on any atom is -0.468 e. The zero-order valence-electron chi connectivity index (χ0n) is 11.0. The van der Waals surface area contributed by atoms with Crippen molar-refractivity contribution in [3.05, 3.63) is 0 Å². The van der Waals surface area contributed by atoms with Crippen LogP contribution in [0.3, 0.4) is 0 Å². The molecule has 9 heavy (non-hydrogen) atoms. The first-order valence-corrected chi connectivity index (χ1v) is 2.21. The van der Waals surface area contributed by atoms with Gasteiger partial charge in [-0.05, 0) is 13.7 Å². The van der Waals surface area contributed by atoms with Crippen molar-refractivity contribution in [3.63, 3.8) is 0 Å². The zero-order valence-corrected chi connectivity index (χ0v) is 4.97. The average Bonchev–Trinajstić information content (AvgIpc) is 1.99. The fraction of sp³-hybridized carbons (Fsp3) is 0.667. The maximum Gasteiger partial charge on any atom is 0.327 e. The first-order valence-electron chi connectivity index (χ1n) is 5.21. The molecule has 0 heterocycles. The average molecular weight is 135 g/mol. The Kier molecular flexibility index (Phi) is 1.08. The van der Waals surface area contributed by atoms with E-state index in [1.54, 1.807) is 0 Å². The number of hydrogen-bond acceptors (Lipinski definition) is 3. The molecule has 0 unspecified atom stereocenters. The summed E-state index contributed by atoms with van der Waals surface area (Å²) in [6.07, 6.45) is 0. The molecular formula is C6H11NO2. The van der Waals surface area contributed by atoms with Gasteiger partial charge in [-0.1, -0.05) is 0 Å². The number of ether oxygens (including phenoxy) is 1. The van der Waals surface area contributed by atoms with Crippen LogP contribution < -0.4 is 0 Å². The van der Waals surface area contributed by atoms with Crippen molar-refractivity contribution in [2.75, 3.05) is 13.7 Å². The molecule has 0 spiro atoms. The molecule has 0 saturated heterocycles. The van der Waals surface area contributed by atoms with Crippen molar-refractivity contribution in [2.24, 2.45) is 4.99 Å². The van der Waals surface area contributed by atoms with Gasteiger partial charge in [-0.25, -0.2) is 0 Å². The van der Waals surface area contributed by atoms with Gasteiger partial charge in [0, 0.05) is 13.9 Å². The summed E-state index contributed by atoms with van der Waals surface area (Å²) in [4.78, 5) is 13.9. The lowest BCUT2D eigenvalue weighted by Gasteiger charge is -1.92. The van der Waals surface area contributed by atoms with Crippen LogP contribution in [0.2, 0.25) is 0 Å². The van der Waals surface area contributed by atoms with E-state index >= 15 is 0 Å². The predicted octanol–water partition coefficient (Wildman–Crippen LogP) is 0.640. The molecule has 0 rings (SSSR count). The number of hydrogen-bond donors (Lipinski definition) is 0. The molecule has 0 aliphatic carbocycles. The van der Waals surface area contributed by atoms with Crippen LogP contribution in [0, 0.1) is 0 Å². The van der Waals surface area contributed by atoms with E-state index in [0.29, 0.717) is 0 Å². The molecule has 0 atom stereocenters. The van der Waals surface area contributed by atoms with E-state index in [-0.39, 0.29) is 0 Å². The third-order valence-electron chi connectivity index (χ3n) is 0.594. The van der Waals surface area contributed by atoms with Gasteiger partial charge in [0.05, 0.1) is 7.11 Å². The van der Waals surface area contributed by atoms with Gasteiger partial charge in [0.2, 0.25) is 0 Å². The SMILES string of the molecule is [2H]C([2H])([2H])C(=NCC(=O)OC)C([2H])([2H])[2H]. The van der Waals surface area contributed by atoms with Crippen LogP contribution in [-0.4, -0.2) is 25.3 Å². The van der Waals surface area contributed by atoms with Crippen LogP contribution >= 0.6 is 0 Å². The summed E-state index contributed by atoms with van der Waals surface area (Å²) in [5.41, 5.74) is -0.958. The number of nitrogens with zero attached hydrogens (tertiary/aromatic N) is 1. The molecule has 0 aromatic carbocycles. The molecule has 0 N–H and O–H groups in total. The molecule has 0 saturated carbocycles. The highest BCUT2D eigenvalue weighted by molar-refractivity contribution is 5.82. The lowest BCUT2D eigenvalue weighted by molar-refractivity contribution is -0.138. The van der Waals surface area contributed by atoms with E-state index < -0.39 is 31.9 Å². The van der Waals surface area contributed by atoms with Crippen molar-refractivity contribution >= 4 is 11.7 Å². The Morgan fingerprint density at radius 2 is 2.44 bits per heavy atom. The summed E-state index contributed by atoms with van der Waals surface area (Å²) in [5, 5.41) is 0. The number of rotatable bonds is 2. The van der Waals surface area contributed by atoms with Crippen molar-refractivity contribution in [2.45, 2.75) is 13.7 Å². The van der Waals surface area contributed by atoms with Gasteiger partial charge in [-0.3, -0.25) is 9.79 Å². The standard InChI is InChI=1S/C6H11NO2/c1-5(2)7-4-6(8)9-3/h4H2,1-3H3/i1D3,2D3. The van der Waals surface area contributed by atoms with Gasteiger partial charge in [-0.15, -0.1) is 0 Å². The number of esters is 1. The van der Waals surface area contributed by atoms with Gasteiger partial charge in [0.1, 0.15) is 6.54 Å². The molecule has 0 amide bonds. The predicted molar refractivity (Wildman–Crippen MR) is 35.7 cm³/mol. The summed E-state index contributed by atoms with van der Waals surface area (Å²) < 4.78 is 45.8. The maximum absolute atomic E-state index is 10.7. The summed E-state index contributed by atoms with van der Waals surface area (Å²) in [6, 6.07) is 0. The van der Waals surface area contributed by atoms with Gasteiger partial charge in [0.25, 0.3) is 0 Å². The lowest BCUT2D eigenvalue weighted by atomic mass is 10.5.